The number of nitrogens with two attached hydrogens (primary N) is 1. The van der Waals surface area contributed by atoms with Gasteiger partial charge in [-0.05, 0) is 55.6 Å². The highest BCUT2D eigenvalue weighted by molar-refractivity contribution is 6.21. The molecule has 0 aliphatic carbocycles. The number of fused-ring (bicyclic) bond motifs is 1. The Balaban J connectivity index is 1.72. The number of aromatic amines is 1. The molecule has 0 bridgehead atoms. The van der Waals surface area contributed by atoms with Crippen LogP contribution >= 0.6 is 11.6 Å². The molecule has 0 saturated heterocycles. The van der Waals surface area contributed by atoms with Gasteiger partial charge in [0, 0.05) is 17.4 Å². The number of benzene rings is 2. The first-order valence-electron chi connectivity index (χ1n) is 8.89. The van der Waals surface area contributed by atoms with Gasteiger partial charge in [0.1, 0.15) is 5.69 Å². The fraction of sp³-hybridized carbons (Fsp3) is 0.286. The zero-order chi connectivity index (χ0) is 18.5. The van der Waals surface area contributed by atoms with Crippen LogP contribution in [-0.2, 0) is 0 Å². The molecule has 26 heavy (non-hydrogen) atoms. The molecule has 4 N–H and O–H groups in total. The summed E-state index contributed by atoms with van der Waals surface area (Å²) in [7, 11) is 0. The van der Waals surface area contributed by atoms with Crippen LogP contribution in [0.3, 0.4) is 0 Å². The summed E-state index contributed by atoms with van der Waals surface area (Å²) in [5.41, 5.74) is 10.5. The van der Waals surface area contributed by atoms with Crippen LogP contribution in [0.1, 0.15) is 28.9 Å². The molecular formula is C21H24ClN3O. The van der Waals surface area contributed by atoms with E-state index in [4.69, 9.17) is 17.3 Å². The van der Waals surface area contributed by atoms with Crippen molar-refractivity contribution >= 4 is 28.4 Å². The third kappa shape index (κ3) is 4.45. The summed E-state index contributed by atoms with van der Waals surface area (Å²) >= 11 is 6.19. The monoisotopic (exact) mass is 369 g/mol. The molecule has 0 spiro atoms. The van der Waals surface area contributed by atoms with Crippen molar-refractivity contribution in [2.24, 2.45) is 5.73 Å². The number of aryl methyl sites for hydroxylation is 1. The van der Waals surface area contributed by atoms with Crippen LogP contribution in [0.2, 0.25) is 0 Å². The van der Waals surface area contributed by atoms with Crippen molar-refractivity contribution in [2.45, 2.75) is 25.1 Å². The maximum absolute atomic E-state index is 12.4. The maximum Gasteiger partial charge on any atom is 0.267 e. The summed E-state index contributed by atoms with van der Waals surface area (Å²) in [6.07, 6.45) is 1.66. The van der Waals surface area contributed by atoms with Crippen LogP contribution in [0, 0.1) is 6.92 Å². The molecule has 136 valence electrons. The minimum Gasteiger partial charge on any atom is -0.351 e. The smallest absolute Gasteiger partial charge is 0.267 e. The van der Waals surface area contributed by atoms with Gasteiger partial charge in [-0.25, -0.2) is 0 Å². The van der Waals surface area contributed by atoms with Crippen molar-refractivity contribution in [1.82, 2.24) is 10.3 Å². The maximum atomic E-state index is 12.4. The average Bonchev–Trinajstić information content (AvgIpc) is 3.08. The van der Waals surface area contributed by atoms with Gasteiger partial charge in [-0.3, -0.25) is 4.79 Å². The van der Waals surface area contributed by atoms with Gasteiger partial charge in [0.05, 0.1) is 5.38 Å². The van der Waals surface area contributed by atoms with Crippen LogP contribution in [-0.4, -0.2) is 29.4 Å². The Bertz CT molecular complexity index is 886. The number of rotatable bonds is 7. The van der Waals surface area contributed by atoms with E-state index >= 15 is 0 Å². The van der Waals surface area contributed by atoms with Crippen molar-refractivity contribution in [3.8, 4) is 11.1 Å². The molecule has 1 heterocycles. The normalized spacial score (nSPS) is 12.3. The standard InChI is InChI=1S/C21H24ClN3O/c1-14-4-6-15(7-5-14)16-8-9-19-17(11-16)12-20(25-19)21(26)24-13-18(22)3-2-10-23/h4-9,11-12,18,25H,2-3,10,13,23H2,1H3,(H,24,26)/t18-/m1/s1. The van der Waals surface area contributed by atoms with Gasteiger partial charge >= 0.3 is 0 Å². The van der Waals surface area contributed by atoms with E-state index in [0.29, 0.717) is 18.8 Å². The third-order valence-electron chi connectivity index (χ3n) is 4.46. The van der Waals surface area contributed by atoms with E-state index in [1.807, 2.05) is 12.1 Å². The number of aromatic nitrogens is 1. The summed E-state index contributed by atoms with van der Waals surface area (Å²) in [6, 6.07) is 16.5. The van der Waals surface area contributed by atoms with Gasteiger partial charge in [-0.2, -0.15) is 0 Å². The number of hydrogen-bond acceptors (Lipinski definition) is 2. The Morgan fingerprint density at radius 1 is 1.15 bits per heavy atom. The molecule has 4 nitrogen and oxygen atoms in total. The number of hydrogen-bond donors (Lipinski definition) is 3. The van der Waals surface area contributed by atoms with Crippen LogP contribution < -0.4 is 11.1 Å². The van der Waals surface area contributed by atoms with Gasteiger partial charge < -0.3 is 16.0 Å². The van der Waals surface area contributed by atoms with E-state index in [-0.39, 0.29) is 11.3 Å². The number of halogens is 1. The van der Waals surface area contributed by atoms with Gasteiger partial charge in [-0.15, -0.1) is 11.6 Å². The summed E-state index contributed by atoms with van der Waals surface area (Å²) < 4.78 is 0. The van der Waals surface area contributed by atoms with E-state index in [1.54, 1.807) is 0 Å². The highest BCUT2D eigenvalue weighted by atomic mass is 35.5. The lowest BCUT2D eigenvalue weighted by Crippen LogP contribution is -2.30. The van der Waals surface area contributed by atoms with E-state index in [0.717, 1.165) is 34.9 Å². The van der Waals surface area contributed by atoms with E-state index < -0.39 is 0 Å². The first-order chi connectivity index (χ1) is 12.6. The molecule has 1 aromatic heterocycles. The number of carbonyl (C=O) groups is 1. The predicted octanol–water partition coefficient (Wildman–Crippen LogP) is 4.22. The molecule has 0 aliphatic rings. The van der Waals surface area contributed by atoms with Crippen molar-refractivity contribution in [2.75, 3.05) is 13.1 Å². The Labute approximate surface area is 158 Å². The molecule has 1 atom stereocenters. The minimum atomic E-state index is -0.142. The molecule has 0 saturated carbocycles. The number of alkyl halides is 1. The highest BCUT2D eigenvalue weighted by Gasteiger charge is 2.12. The lowest BCUT2D eigenvalue weighted by atomic mass is 10.0. The zero-order valence-electron chi connectivity index (χ0n) is 14.9. The number of carbonyl (C=O) groups excluding carboxylic acids is 1. The van der Waals surface area contributed by atoms with E-state index in [1.165, 1.54) is 5.56 Å². The molecule has 0 radical (unpaired) electrons. The van der Waals surface area contributed by atoms with Crippen LogP contribution in [0.5, 0.6) is 0 Å². The molecule has 0 unspecified atom stereocenters. The second-order valence-corrected chi connectivity index (χ2v) is 7.21. The van der Waals surface area contributed by atoms with Crippen LogP contribution in [0.25, 0.3) is 22.0 Å². The molecule has 1 amide bonds. The SMILES string of the molecule is Cc1ccc(-c2ccc3[nH]c(C(=O)NC[C@H](Cl)CCCN)cc3c2)cc1. The predicted molar refractivity (Wildman–Crippen MR) is 109 cm³/mol. The van der Waals surface area contributed by atoms with Gasteiger partial charge in [-0.1, -0.05) is 35.9 Å². The largest absolute Gasteiger partial charge is 0.351 e. The summed E-state index contributed by atoms with van der Waals surface area (Å²) in [6.45, 7) is 3.12. The lowest BCUT2D eigenvalue weighted by Gasteiger charge is -2.09. The molecule has 0 fully saturated rings. The molecule has 3 aromatic rings. The summed E-state index contributed by atoms with van der Waals surface area (Å²) in [5, 5.41) is 3.79. The summed E-state index contributed by atoms with van der Waals surface area (Å²) in [5.74, 6) is -0.142. The topological polar surface area (TPSA) is 70.9 Å². The lowest BCUT2D eigenvalue weighted by molar-refractivity contribution is 0.0949. The highest BCUT2D eigenvalue weighted by Crippen LogP contribution is 2.25. The van der Waals surface area contributed by atoms with Crippen molar-refractivity contribution < 1.29 is 4.79 Å². The Morgan fingerprint density at radius 3 is 2.62 bits per heavy atom. The van der Waals surface area contributed by atoms with Crippen molar-refractivity contribution in [3.05, 3.63) is 59.8 Å². The van der Waals surface area contributed by atoms with E-state index in [9.17, 15) is 4.79 Å². The quantitative estimate of drug-likeness (QED) is 0.545. The number of nitrogens with one attached hydrogen (secondary N) is 2. The third-order valence-corrected chi connectivity index (χ3v) is 4.83. The van der Waals surface area contributed by atoms with Gasteiger partial charge in [0.2, 0.25) is 0 Å². The Kier molecular flexibility index (Phi) is 5.96. The van der Waals surface area contributed by atoms with Crippen LogP contribution in [0.4, 0.5) is 0 Å². The van der Waals surface area contributed by atoms with Crippen LogP contribution in [0.15, 0.2) is 48.5 Å². The first-order valence-corrected chi connectivity index (χ1v) is 9.32. The molecular weight excluding hydrogens is 346 g/mol. The first kappa shape index (κ1) is 18.5. The molecule has 5 heteroatoms. The minimum absolute atomic E-state index is 0.0972. The van der Waals surface area contributed by atoms with Crippen molar-refractivity contribution in [1.29, 1.82) is 0 Å². The molecule has 0 aliphatic heterocycles. The Morgan fingerprint density at radius 2 is 1.88 bits per heavy atom. The summed E-state index contributed by atoms with van der Waals surface area (Å²) in [4.78, 5) is 15.5. The van der Waals surface area contributed by atoms with E-state index in [2.05, 4.69) is 53.6 Å². The van der Waals surface area contributed by atoms with Crippen molar-refractivity contribution in [3.63, 3.8) is 0 Å². The number of amides is 1. The zero-order valence-corrected chi connectivity index (χ0v) is 15.6. The fourth-order valence-electron chi connectivity index (χ4n) is 2.92. The fourth-order valence-corrected chi connectivity index (χ4v) is 3.15. The molecule has 2 aromatic carbocycles. The van der Waals surface area contributed by atoms with Gasteiger partial charge in [0.15, 0.2) is 0 Å². The second kappa shape index (κ2) is 8.39. The van der Waals surface area contributed by atoms with Gasteiger partial charge in [0.25, 0.3) is 5.91 Å². The number of H-pyrrole nitrogens is 1. The average molecular weight is 370 g/mol. The molecule has 3 rings (SSSR count). The Hall–Kier alpha value is -2.30. The second-order valence-electron chi connectivity index (χ2n) is 6.59.